The Kier molecular flexibility index (Phi) is 4.19. The number of aliphatic hydroxyl groups excluding tert-OH is 1. The minimum atomic E-state index is -3.03. The molecule has 1 rings (SSSR count). The summed E-state index contributed by atoms with van der Waals surface area (Å²) in [6.07, 6.45) is 0.789. The van der Waals surface area contributed by atoms with Crippen molar-refractivity contribution >= 4 is 15.7 Å². The highest BCUT2D eigenvalue weighted by Gasteiger charge is 2.40. The molecule has 1 N–H and O–H groups in total. The summed E-state index contributed by atoms with van der Waals surface area (Å²) in [5.41, 5.74) is -0.711. The number of amides is 1. The van der Waals surface area contributed by atoms with Crippen LogP contribution in [0.5, 0.6) is 0 Å². The highest BCUT2D eigenvalue weighted by molar-refractivity contribution is 7.91. The molecule has 0 unspecified atom stereocenters. The van der Waals surface area contributed by atoms with Crippen molar-refractivity contribution in [3.05, 3.63) is 0 Å². The Hall–Kier alpha value is -0.620. The zero-order valence-corrected chi connectivity index (χ0v) is 11.5. The van der Waals surface area contributed by atoms with Crippen LogP contribution in [0.2, 0.25) is 0 Å². The van der Waals surface area contributed by atoms with E-state index in [1.165, 1.54) is 0 Å². The lowest BCUT2D eigenvalue weighted by Crippen LogP contribution is -2.55. The predicted octanol–water partition coefficient (Wildman–Crippen LogP) is 0.183. The molecular weight excluding hydrogens is 242 g/mol. The molecule has 1 aliphatic heterocycles. The van der Waals surface area contributed by atoms with Gasteiger partial charge in [-0.25, -0.2) is 8.42 Å². The minimum absolute atomic E-state index is 0.0160. The minimum Gasteiger partial charge on any atom is -0.394 e. The number of rotatable bonds is 4. The summed E-state index contributed by atoms with van der Waals surface area (Å²) < 4.78 is 22.9. The molecule has 0 aliphatic carbocycles. The summed E-state index contributed by atoms with van der Waals surface area (Å²) in [5.74, 6) is 0.0422. The van der Waals surface area contributed by atoms with Gasteiger partial charge in [0.05, 0.1) is 23.7 Å². The van der Waals surface area contributed by atoms with Crippen molar-refractivity contribution in [3.8, 4) is 0 Å². The van der Waals surface area contributed by atoms with Crippen molar-refractivity contribution < 1.29 is 18.3 Å². The Morgan fingerprint density at radius 3 is 2.41 bits per heavy atom. The van der Waals surface area contributed by atoms with Crippen molar-refractivity contribution in [1.29, 1.82) is 0 Å². The van der Waals surface area contributed by atoms with Gasteiger partial charge in [0, 0.05) is 12.5 Å². The second kappa shape index (κ2) is 4.94. The van der Waals surface area contributed by atoms with Gasteiger partial charge in [0.25, 0.3) is 0 Å². The number of carbonyl (C=O) groups excluding carboxylic acids is 1. The molecule has 5 nitrogen and oxygen atoms in total. The summed E-state index contributed by atoms with van der Waals surface area (Å²) in [4.78, 5) is 13.5. The van der Waals surface area contributed by atoms with Gasteiger partial charge in [-0.1, -0.05) is 6.92 Å². The van der Waals surface area contributed by atoms with E-state index in [1.54, 1.807) is 25.7 Å². The lowest BCUT2D eigenvalue weighted by atomic mass is 10.00. The van der Waals surface area contributed by atoms with E-state index in [-0.39, 0.29) is 30.1 Å². The number of aliphatic hydroxyl groups is 1. The molecule has 1 amide bonds. The molecule has 100 valence electrons. The standard InChI is InChI=1S/C11H21NO4S/c1-4-10(14)12(11(2,3)8-13)9-5-6-17(15,16)7-9/h9,13H,4-8H2,1-3H3/t9-/m0/s1. The van der Waals surface area contributed by atoms with Crippen molar-refractivity contribution in [2.45, 2.75) is 45.2 Å². The second-order valence-corrected chi connectivity index (χ2v) is 7.37. The average molecular weight is 263 g/mol. The molecule has 1 fully saturated rings. The molecule has 1 aliphatic rings. The topological polar surface area (TPSA) is 74.7 Å². The van der Waals surface area contributed by atoms with E-state index < -0.39 is 15.4 Å². The number of hydrogen-bond acceptors (Lipinski definition) is 4. The molecule has 17 heavy (non-hydrogen) atoms. The van der Waals surface area contributed by atoms with Gasteiger partial charge in [-0.3, -0.25) is 4.79 Å². The molecule has 0 radical (unpaired) electrons. The third-order valence-electron chi connectivity index (χ3n) is 3.18. The molecule has 1 heterocycles. The van der Waals surface area contributed by atoms with Gasteiger partial charge >= 0.3 is 0 Å². The third-order valence-corrected chi connectivity index (χ3v) is 4.93. The van der Waals surface area contributed by atoms with Crippen LogP contribution in [0.4, 0.5) is 0 Å². The molecule has 0 aromatic carbocycles. The lowest BCUT2D eigenvalue weighted by Gasteiger charge is -2.41. The number of nitrogens with zero attached hydrogens (tertiary/aromatic N) is 1. The average Bonchev–Trinajstić information content (AvgIpc) is 2.58. The van der Waals surface area contributed by atoms with E-state index in [4.69, 9.17) is 0 Å². The van der Waals surface area contributed by atoms with Gasteiger partial charge in [0.2, 0.25) is 5.91 Å². The molecule has 0 bridgehead atoms. The summed E-state index contributed by atoms with van der Waals surface area (Å²) in [6, 6.07) is -0.297. The summed E-state index contributed by atoms with van der Waals surface area (Å²) in [6.45, 7) is 5.08. The maximum atomic E-state index is 11.9. The normalized spacial score (nSPS) is 23.6. The fraction of sp³-hybridized carbons (Fsp3) is 0.909. The fourth-order valence-corrected chi connectivity index (χ4v) is 3.96. The van der Waals surface area contributed by atoms with Crippen molar-refractivity contribution in [2.75, 3.05) is 18.1 Å². The Bertz CT molecular complexity index is 388. The van der Waals surface area contributed by atoms with E-state index in [2.05, 4.69) is 0 Å². The van der Waals surface area contributed by atoms with Crippen LogP contribution in [-0.4, -0.2) is 54.0 Å². The van der Waals surface area contributed by atoms with E-state index in [9.17, 15) is 18.3 Å². The molecule has 0 aromatic heterocycles. The van der Waals surface area contributed by atoms with Crippen LogP contribution in [0.25, 0.3) is 0 Å². The second-order valence-electron chi connectivity index (χ2n) is 5.14. The highest BCUT2D eigenvalue weighted by Crippen LogP contribution is 2.26. The van der Waals surface area contributed by atoms with Gasteiger partial charge in [-0.2, -0.15) is 0 Å². The smallest absolute Gasteiger partial charge is 0.223 e. The van der Waals surface area contributed by atoms with Crippen LogP contribution in [0.1, 0.15) is 33.6 Å². The largest absolute Gasteiger partial charge is 0.394 e. The first kappa shape index (κ1) is 14.4. The molecular formula is C11H21NO4S. The molecule has 0 spiro atoms. The Labute approximate surface area is 103 Å². The Morgan fingerprint density at radius 2 is 2.06 bits per heavy atom. The van der Waals surface area contributed by atoms with Crippen LogP contribution in [0.3, 0.4) is 0 Å². The van der Waals surface area contributed by atoms with Crippen molar-refractivity contribution in [1.82, 2.24) is 4.90 Å². The van der Waals surface area contributed by atoms with Crippen molar-refractivity contribution in [3.63, 3.8) is 0 Å². The predicted molar refractivity (Wildman–Crippen MR) is 65.4 cm³/mol. The number of sulfone groups is 1. The van der Waals surface area contributed by atoms with Gasteiger partial charge in [0.15, 0.2) is 9.84 Å². The summed E-state index contributed by atoms with van der Waals surface area (Å²) >= 11 is 0. The van der Waals surface area contributed by atoms with E-state index in [1.807, 2.05) is 0 Å². The SMILES string of the molecule is CCC(=O)N([C@H]1CCS(=O)(=O)C1)C(C)(C)CO. The van der Waals surface area contributed by atoms with Gasteiger partial charge in [-0.05, 0) is 20.3 Å². The third kappa shape index (κ3) is 3.19. The Morgan fingerprint density at radius 1 is 1.47 bits per heavy atom. The monoisotopic (exact) mass is 263 g/mol. The van der Waals surface area contributed by atoms with E-state index in [0.29, 0.717) is 12.8 Å². The molecule has 1 saturated heterocycles. The zero-order valence-electron chi connectivity index (χ0n) is 10.6. The summed E-state index contributed by atoms with van der Waals surface area (Å²) in [5, 5.41) is 9.36. The van der Waals surface area contributed by atoms with Gasteiger partial charge < -0.3 is 10.0 Å². The molecule has 1 atom stereocenters. The van der Waals surface area contributed by atoms with Crippen LogP contribution < -0.4 is 0 Å². The zero-order chi connectivity index (χ0) is 13.3. The van der Waals surface area contributed by atoms with E-state index >= 15 is 0 Å². The van der Waals surface area contributed by atoms with Crippen LogP contribution in [0.15, 0.2) is 0 Å². The molecule has 0 saturated carbocycles. The van der Waals surface area contributed by atoms with Crippen LogP contribution in [0, 0.1) is 0 Å². The van der Waals surface area contributed by atoms with Crippen LogP contribution in [-0.2, 0) is 14.6 Å². The highest BCUT2D eigenvalue weighted by atomic mass is 32.2. The lowest BCUT2D eigenvalue weighted by molar-refractivity contribution is -0.140. The summed E-state index contributed by atoms with van der Waals surface area (Å²) in [7, 11) is -3.03. The maximum absolute atomic E-state index is 11.9. The first-order chi connectivity index (χ1) is 7.73. The quantitative estimate of drug-likeness (QED) is 0.785. The first-order valence-electron chi connectivity index (χ1n) is 5.87. The van der Waals surface area contributed by atoms with Gasteiger partial charge in [-0.15, -0.1) is 0 Å². The van der Waals surface area contributed by atoms with E-state index in [0.717, 1.165) is 0 Å². The maximum Gasteiger partial charge on any atom is 0.223 e. The Balaban J connectivity index is 2.97. The first-order valence-corrected chi connectivity index (χ1v) is 7.69. The fourth-order valence-electron chi connectivity index (χ4n) is 2.26. The van der Waals surface area contributed by atoms with Crippen molar-refractivity contribution in [2.24, 2.45) is 0 Å². The molecule has 0 aromatic rings. The van der Waals surface area contributed by atoms with Gasteiger partial charge in [0.1, 0.15) is 0 Å². The van der Waals surface area contributed by atoms with Crippen LogP contribution >= 0.6 is 0 Å². The molecule has 6 heteroatoms. The number of carbonyl (C=O) groups is 1. The number of hydrogen-bond donors (Lipinski definition) is 1.